The first-order valence-corrected chi connectivity index (χ1v) is 5.92. The van der Waals surface area contributed by atoms with Crippen molar-refractivity contribution in [3.63, 3.8) is 0 Å². The minimum atomic E-state index is -0.355. The highest BCUT2D eigenvalue weighted by Crippen LogP contribution is 2.32. The molecule has 0 amide bonds. The third kappa shape index (κ3) is 3.12. The number of anilines is 2. The summed E-state index contributed by atoms with van der Waals surface area (Å²) in [6, 6.07) is 5.26. The normalized spacial score (nSPS) is 14.4. The van der Waals surface area contributed by atoms with Crippen molar-refractivity contribution in [1.29, 1.82) is 0 Å². The fourth-order valence-electron chi connectivity index (χ4n) is 1.81. The van der Waals surface area contributed by atoms with Gasteiger partial charge in [-0.3, -0.25) is 0 Å². The first-order chi connectivity index (χ1) is 8.20. The van der Waals surface area contributed by atoms with Crippen molar-refractivity contribution in [3.8, 4) is 0 Å². The van der Waals surface area contributed by atoms with Crippen LogP contribution in [-0.4, -0.2) is 19.6 Å². The Hall–Kier alpha value is -1.71. The zero-order valence-electron chi connectivity index (χ0n) is 10.0. The van der Waals surface area contributed by atoms with Gasteiger partial charge in [-0.05, 0) is 30.5 Å². The van der Waals surface area contributed by atoms with Crippen LogP contribution in [0.4, 0.5) is 11.4 Å². The van der Waals surface area contributed by atoms with Crippen LogP contribution in [0.1, 0.15) is 29.6 Å². The van der Waals surface area contributed by atoms with Crippen LogP contribution >= 0.6 is 0 Å². The molecule has 2 rings (SSSR count). The Kier molecular flexibility index (Phi) is 3.52. The number of rotatable bonds is 5. The second-order valence-corrected chi connectivity index (χ2v) is 4.46. The van der Waals surface area contributed by atoms with Crippen LogP contribution < -0.4 is 11.1 Å². The molecule has 0 atom stereocenters. The first-order valence-electron chi connectivity index (χ1n) is 5.92. The summed E-state index contributed by atoms with van der Waals surface area (Å²) in [7, 11) is 1.37. The van der Waals surface area contributed by atoms with E-state index in [9.17, 15) is 4.79 Å². The van der Waals surface area contributed by atoms with Gasteiger partial charge in [0, 0.05) is 17.9 Å². The van der Waals surface area contributed by atoms with E-state index in [1.807, 2.05) is 6.07 Å². The van der Waals surface area contributed by atoms with Crippen LogP contribution in [0.15, 0.2) is 18.2 Å². The van der Waals surface area contributed by atoms with Crippen molar-refractivity contribution in [2.75, 3.05) is 24.7 Å². The fraction of sp³-hybridized carbons (Fsp3) is 0.462. The van der Waals surface area contributed by atoms with Gasteiger partial charge in [0.2, 0.25) is 0 Å². The quantitative estimate of drug-likeness (QED) is 0.606. The van der Waals surface area contributed by atoms with Gasteiger partial charge in [-0.2, -0.15) is 0 Å². The molecule has 17 heavy (non-hydrogen) atoms. The highest BCUT2D eigenvalue weighted by atomic mass is 16.5. The van der Waals surface area contributed by atoms with E-state index in [0.29, 0.717) is 11.3 Å². The van der Waals surface area contributed by atoms with E-state index in [1.54, 1.807) is 12.1 Å². The summed E-state index contributed by atoms with van der Waals surface area (Å²) in [6.45, 7) is 0.887. The molecule has 4 heteroatoms. The third-order valence-electron chi connectivity index (χ3n) is 3.01. The minimum Gasteiger partial charge on any atom is -0.465 e. The van der Waals surface area contributed by atoms with E-state index in [0.717, 1.165) is 24.6 Å². The molecule has 0 aliphatic heterocycles. The van der Waals surface area contributed by atoms with Crippen LogP contribution in [0.25, 0.3) is 0 Å². The maximum atomic E-state index is 11.6. The van der Waals surface area contributed by atoms with Crippen molar-refractivity contribution in [1.82, 2.24) is 0 Å². The van der Waals surface area contributed by atoms with Crippen LogP contribution in [0.3, 0.4) is 0 Å². The van der Waals surface area contributed by atoms with Gasteiger partial charge >= 0.3 is 5.97 Å². The molecular formula is C13H18N2O2. The Morgan fingerprint density at radius 3 is 2.94 bits per heavy atom. The molecule has 4 nitrogen and oxygen atoms in total. The van der Waals surface area contributed by atoms with Crippen LogP contribution in [0.2, 0.25) is 0 Å². The Morgan fingerprint density at radius 2 is 2.29 bits per heavy atom. The van der Waals surface area contributed by atoms with E-state index in [4.69, 9.17) is 10.5 Å². The molecule has 0 unspecified atom stereocenters. The Balaban J connectivity index is 2.04. The lowest BCUT2D eigenvalue weighted by Gasteiger charge is -2.11. The monoisotopic (exact) mass is 234 g/mol. The highest BCUT2D eigenvalue weighted by molar-refractivity contribution is 5.96. The largest absolute Gasteiger partial charge is 0.465 e. The molecule has 3 N–H and O–H groups in total. The van der Waals surface area contributed by atoms with Gasteiger partial charge in [0.1, 0.15) is 0 Å². The molecule has 1 aromatic rings. The lowest BCUT2D eigenvalue weighted by molar-refractivity contribution is 0.0602. The SMILES string of the molecule is COC(=O)c1cc(N)ccc1NCCC1CC1. The van der Waals surface area contributed by atoms with E-state index < -0.39 is 0 Å². The predicted octanol–water partition coefficient (Wildman–Crippen LogP) is 2.27. The highest BCUT2D eigenvalue weighted by Gasteiger charge is 2.20. The number of nitrogens with two attached hydrogens (primary N) is 1. The standard InChI is InChI=1S/C13H18N2O2/c1-17-13(16)11-8-10(14)4-5-12(11)15-7-6-9-2-3-9/h4-5,8-9,15H,2-3,6-7,14H2,1H3. The summed E-state index contributed by atoms with van der Waals surface area (Å²) in [5.41, 5.74) is 7.54. The molecule has 0 saturated heterocycles. The molecule has 0 aromatic heterocycles. The lowest BCUT2D eigenvalue weighted by Crippen LogP contribution is -2.10. The zero-order valence-corrected chi connectivity index (χ0v) is 10.0. The molecule has 0 spiro atoms. The number of hydrogen-bond acceptors (Lipinski definition) is 4. The molecule has 0 radical (unpaired) electrons. The van der Waals surface area contributed by atoms with Gasteiger partial charge in [0.25, 0.3) is 0 Å². The van der Waals surface area contributed by atoms with E-state index >= 15 is 0 Å². The first kappa shape index (κ1) is 11.8. The number of esters is 1. The summed E-state index contributed by atoms with van der Waals surface area (Å²) in [5, 5.41) is 3.27. The zero-order chi connectivity index (χ0) is 12.3. The van der Waals surface area contributed by atoms with E-state index in [-0.39, 0.29) is 5.97 Å². The Labute approximate surface area is 101 Å². The molecule has 1 aromatic carbocycles. The number of hydrogen-bond donors (Lipinski definition) is 2. The van der Waals surface area contributed by atoms with Crippen LogP contribution in [-0.2, 0) is 4.74 Å². The minimum absolute atomic E-state index is 0.355. The average molecular weight is 234 g/mol. The lowest BCUT2D eigenvalue weighted by atomic mass is 10.1. The Morgan fingerprint density at radius 1 is 1.53 bits per heavy atom. The van der Waals surface area contributed by atoms with E-state index in [2.05, 4.69) is 5.32 Å². The topological polar surface area (TPSA) is 64.3 Å². The molecule has 0 heterocycles. The Bertz CT molecular complexity index is 414. The third-order valence-corrected chi connectivity index (χ3v) is 3.01. The second-order valence-electron chi connectivity index (χ2n) is 4.46. The van der Waals surface area contributed by atoms with Gasteiger partial charge < -0.3 is 15.8 Å². The molecule has 1 aliphatic carbocycles. The smallest absolute Gasteiger partial charge is 0.340 e. The van der Waals surface area contributed by atoms with Gasteiger partial charge in [-0.1, -0.05) is 12.8 Å². The maximum Gasteiger partial charge on any atom is 0.340 e. The number of methoxy groups -OCH3 is 1. The van der Waals surface area contributed by atoms with Crippen molar-refractivity contribution >= 4 is 17.3 Å². The second kappa shape index (κ2) is 5.08. The number of benzene rings is 1. The van der Waals surface area contributed by atoms with Gasteiger partial charge in [0.15, 0.2) is 0 Å². The number of nitrogen functional groups attached to an aromatic ring is 1. The molecule has 0 bridgehead atoms. The van der Waals surface area contributed by atoms with Gasteiger partial charge in [-0.25, -0.2) is 4.79 Å². The molecule has 1 fully saturated rings. The van der Waals surface area contributed by atoms with Crippen LogP contribution in [0, 0.1) is 5.92 Å². The van der Waals surface area contributed by atoms with Gasteiger partial charge in [0.05, 0.1) is 12.7 Å². The number of ether oxygens (including phenoxy) is 1. The molecule has 1 saturated carbocycles. The molecule has 92 valence electrons. The molecular weight excluding hydrogens is 216 g/mol. The van der Waals surface area contributed by atoms with Crippen molar-refractivity contribution in [2.45, 2.75) is 19.3 Å². The predicted molar refractivity (Wildman–Crippen MR) is 68.0 cm³/mol. The number of carbonyl (C=O) groups is 1. The van der Waals surface area contributed by atoms with E-state index in [1.165, 1.54) is 20.0 Å². The summed E-state index contributed by atoms with van der Waals surface area (Å²) >= 11 is 0. The maximum absolute atomic E-state index is 11.6. The van der Waals surface area contributed by atoms with Crippen molar-refractivity contribution < 1.29 is 9.53 Å². The number of nitrogens with one attached hydrogen (secondary N) is 1. The van der Waals surface area contributed by atoms with Crippen molar-refractivity contribution in [2.24, 2.45) is 5.92 Å². The molecule has 1 aliphatic rings. The summed E-state index contributed by atoms with van der Waals surface area (Å²) < 4.78 is 4.74. The fourth-order valence-corrected chi connectivity index (χ4v) is 1.81. The summed E-state index contributed by atoms with van der Waals surface area (Å²) in [4.78, 5) is 11.6. The number of carbonyl (C=O) groups excluding carboxylic acids is 1. The van der Waals surface area contributed by atoms with Gasteiger partial charge in [-0.15, -0.1) is 0 Å². The summed E-state index contributed by atoms with van der Waals surface area (Å²) in [6.07, 6.45) is 3.84. The average Bonchev–Trinajstić information content (AvgIpc) is 3.14. The van der Waals surface area contributed by atoms with Crippen LogP contribution in [0.5, 0.6) is 0 Å². The summed E-state index contributed by atoms with van der Waals surface area (Å²) in [5.74, 6) is 0.518. The van der Waals surface area contributed by atoms with Crippen molar-refractivity contribution in [3.05, 3.63) is 23.8 Å².